The van der Waals surface area contributed by atoms with E-state index in [-0.39, 0.29) is 33.9 Å². The smallest absolute Gasteiger partial charge is 0.323 e. The summed E-state index contributed by atoms with van der Waals surface area (Å²) in [7, 11) is -4.23. The van der Waals surface area contributed by atoms with Crippen LogP contribution in [0.3, 0.4) is 0 Å². The van der Waals surface area contributed by atoms with Gasteiger partial charge in [0.05, 0.1) is 21.0 Å². The maximum Gasteiger partial charge on any atom is 0.323 e. The van der Waals surface area contributed by atoms with Gasteiger partial charge in [-0.3, -0.25) is 52.1 Å². The highest BCUT2D eigenvalue weighted by Gasteiger charge is 2.39. The van der Waals surface area contributed by atoms with E-state index in [1.165, 1.54) is 18.7 Å². The fraction of sp³-hybridized carbons (Fsp3) is 0.250. The third-order valence-corrected chi connectivity index (χ3v) is 11.2. The molecule has 0 spiro atoms. The lowest BCUT2D eigenvalue weighted by molar-refractivity contribution is -0.140. The molecule has 2 aromatic heterocycles. The predicted molar refractivity (Wildman–Crippen MR) is 177 cm³/mol. The van der Waals surface area contributed by atoms with E-state index in [4.69, 9.17) is 9.52 Å². The zero-order valence-electron chi connectivity index (χ0n) is 25.4. The lowest BCUT2D eigenvalue weighted by Gasteiger charge is -2.20. The Hall–Kier alpha value is -4.90. The van der Waals surface area contributed by atoms with E-state index in [0.29, 0.717) is 31.4 Å². The van der Waals surface area contributed by atoms with Gasteiger partial charge in [-0.2, -0.15) is 8.42 Å². The molecule has 18 nitrogen and oxygen atoms in total. The molecule has 50 heavy (non-hydrogen) atoms. The van der Waals surface area contributed by atoms with Gasteiger partial charge in [-0.15, -0.1) is 11.3 Å². The summed E-state index contributed by atoms with van der Waals surface area (Å²) in [5, 5.41) is 27.7. The van der Waals surface area contributed by atoms with Gasteiger partial charge in [0, 0.05) is 11.4 Å². The molecule has 4 heterocycles. The number of benzene rings is 1. The Labute approximate surface area is 291 Å². The van der Waals surface area contributed by atoms with Crippen molar-refractivity contribution in [2.45, 2.75) is 31.3 Å². The van der Waals surface area contributed by atoms with Crippen molar-refractivity contribution < 1.29 is 56.7 Å². The first-order valence-electron chi connectivity index (χ1n) is 14.1. The number of para-hydroxylation sites is 1. The number of carbonyl (C=O) groups is 5. The van der Waals surface area contributed by atoms with Crippen molar-refractivity contribution in [1.29, 1.82) is 0 Å². The van der Waals surface area contributed by atoms with Gasteiger partial charge in [0.1, 0.15) is 29.2 Å². The SMILES string of the molecule is CC(/C=C1\Sc2ccccc2N1CCCS(=O)(=O)O)=c1\s/c(=c2/o/c(=C3/SC(=O)N(CC(=O)O)C3=O)n(CC(=O)O)c2=O)n(CC(=O)O)c1=O. The fourth-order valence-corrected chi connectivity index (χ4v) is 8.59. The van der Waals surface area contributed by atoms with Gasteiger partial charge < -0.3 is 24.6 Å². The van der Waals surface area contributed by atoms with E-state index in [1.807, 2.05) is 6.07 Å². The quantitative estimate of drug-likeness (QED) is 0.186. The van der Waals surface area contributed by atoms with E-state index in [0.717, 1.165) is 15.1 Å². The molecule has 0 atom stereocenters. The van der Waals surface area contributed by atoms with Crippen LogP contribution in [0, 0.1) is 10.1 Å². The Bertz CT molecular complexity index is 2480. The maximum absolute atomic E-state index is 13.7. The number of aliphatic carboxylic acids is 3. The third kappa shape index (κ3) is 7.47. The van der Waals surface area contributed by atoms with Crippen LogP contribution in [0.5, 0.6) is 0 Å². The number of rotatable bonds is 11. The molecule has 1 saturated heterocycles. The number of amides is 2. The predicted octanol–water partition coefficient (Wildman–Crippen LogP) is -0.0889. The van der Waals surface area contributed by atoms with Crippen molar-refractivity contribution in [3.8, 4) is 0 Å². The Morgan fingerprint density at radius 2 is 1.52 bits per heavy atom. The second kappa shape index (κ2) is 14.1. The summed E-state index contributed by atoms with van der Waals surface area (Å²) in [5.41, 5.74) is -2.43. The standard InChI is InChI=1S/C28H24N4O14S4/c1-13(9-16-29(7-4-8-50(43,44)45)14-5-2-3-6-15(14)47-16)21-24(40)31(11-18(35)36)27(48-21)20-23(39)30(10-17(33)34)26(46-20)22-25(41)32(12-19(37)38)28(42)49-22/h2-3,5-6,9H,4,7-8,10-12H2,1H3,(H,33,34)(H,35,36)(H,37,38)(H,43,44,45)/b16-9-,21-13+,26-22+,27-20+. The number of nitrogens with zero attached hydrogens (tertiary/aromatic N) is 4. The van der Waals surface area contributed by atoms with Crippen LogP contribution in [0.1, 0.15) is 13.3 Å². The Morgan fingerprint density at radius 1 is 0.880 bits per heavy atom. The summed E-state index contributed by atoms with van der Waals surface area (Å²) in [5.74, 6) is -6.25. The molecule has 0 aliphatic carbocycles. The number of thioether (sulfide) groups is 2. The minimum atomic E-state index is -4.23. The van der Waals surface area contributed by atoms with Crippen molar-refractivity contribution in [1.82, 2.24) is 14.0 Å². The molecule has 1 aromatic carbocycles. The second-order valence-electron chi connectivity index (χ2n) is 10.6. The number of carboxylic acids is 3. The lowest BCUT2D eigenvalue weighted by atomic mass is 10.2. The molecule has 2 aliphatic rings. The number of hydrogen-bond acceptors (Lipinski definition) is 14. The maximum atomic E-state index is 13.7. The summed E-state index contributed by atoms with van der Waals surface area (Å²) in [6.07, 6.45) is 1.66. The van der Waals surface area contributed by atoms with E-state index in [9.17, 15) is 56.7 Å². The molecule has 4 N–H and O–H groups in total. The Balaban J connectivity index is 1.76. The van der Waals surface area contributed by atoms with Gasteiger partial charge in [-0.1, -0.05) is 23.9 Å². The summed E-state index contributed by atoms with van der Waals surface area (Å²) < 4.78 is 38.4. The molecule has 22 heteroatoms. The molecular formula is C28H24N4O14S4. The molecule has 2 aliphatic heterocycles. The molecule has 0 bridgehead atoms. The van der Waals surface area contributed by atoms with Crippen molar-refractivity contribution in [3.05, 3.63) is 76.2 Å². The molecule has 5 rings (SSSR count). The number of anilines is 1. The monoisotopic (exact) mass is 768 g/mol. The largest absolute Gasteiger partial charge is 0.480 e. The second-order valence-corrected chi connectivity index (χ2v) is 15.1. The number of hydrogen-bond donors (Lipinski definition) is 4. The van der Waals surface area contributed by atoms with Crippen molar-refractivity contribution in [2.75, 3.05) is 23.7 Å². The van der Waals surface area contributed by atoms with Crippen molar-refractivity contribution in [3.63, 3.8) is 0 Å². The molecule has 0 radical (unpaired) electrons. The van der Waals surface area contributed by atoms with Crippen LogP contribution in [-0.4, -0.2) is 90.2 Å². The van der Waals surface area contributed by atoms with E-state index in [2.05, 4.69) is 0 Å². The molecule has 2 amide bonds. The molecule has 3 aromatic rings. The number of allylic oxidation sites excluding steroid dienone is 1. The van der Waals surface area contributed by atoms with Gasteiger partial charge in [-0.25, -0.2) is 0 Å². The summed E-state index contributed by atoms with van der Waals surface area (Å²) in [6.45, 7) is -1.35. The van der Waals surface area contributed by atoms with Crippen LogP contribution < -0.4 is 26.1 Å². The van der Waals surface area contributed by atoms with Gasteiger partial charge in [0.2, 0.25) is 11.0 Å². The number of aromatic nitrogens is 2. The molecule has 0 unspecified atom stereocenters. The number of fused-ring (bicyclic) bond motifs is 1. The highest BCUT2D eigenvalue weighted by atomic mass is 32.2. The third-order valence-electron chi connectivity index (χ3n) is 7.00. The van der Waals surface area contributed by atoms with Crippen molar-refractivity contribution >= 4 is 90.2 Å². The summed E-state index contributed by atoms with van der Waals surface area (Å²) in [6, 6.07) is 7.19. The zero-order chi connectivity index (χ0) is 36.7. The minimum absolute atomic E-state index is 0.0490. The van der Waals surface area contributed by atoms with Crippen molar-refractivity contribution in [2.24, 2.45) is 0 Å². The Kier molecular flexibility index (Phi) is 10.3. The fourth-order valence-electron chi connectivity index (χ4n) is 4.95. The molecule has 0 saturated carbocycles. The van der Waals surface area contributed by atoms with E-state index >= 15 is 0 Å². The first-order chi connectivity index (χ1) is 23.5. The zero-order valence-corrected chi connectivity index (χ0v) is 28.7. The number of carbonyl (C=O) groups excluding carboxylic acids is 2. The van der Waals surface area contributed by atoms with Crippen LogP contribution >= 0.6 is 34.9 Å². The van der Waals surface area contributed by atoms with Crippen LogP contribution in [0.25, 0.3) is 10.5 Å². The minimum Gasteiger partial charge on any atom is -0.480 e. The van der Waals surface area contributed by atoms with E-state index < -0.39 is 91.5 Å². The van der Waals surface area contributed by atoms with Gasteiger partial charge in [0.15, 0.2) is 0 Å². The molecular weight excluding hydrogens is 745 g/mol. The highest BCUT2D eigenvalue weighted by Crippen LogP contribution is 2.46. The number of thiazole rings is 1. The average Bonchev–Trinajstić information content (AvgIpc) is 3.70. The van der Waals surface area contributed by atoms with Crippen LogP contribution in [0.4, 0.5) is 10.5 Å². The van der Waals surface area contributed by atoms with Crippen LogP contribution in [0.15, 0.2) is 54.3 Å². The number of carboxylic acid groups (broad SMARTS) is 3. The van der Waals surface area contributed by atoms with Crippen LogP contribution in [0.2, 0.25) is 0 Å². The topological polar surface area (TPSA) is 264 Å². The number of oxazole rings is 1. The van der Waals surface area contributed by atoms with Crippen LogP contribution in [-0.2, 0) is 42.4 Å². The lowest BCUT2D eigenvalue weighted by Crippen LogP contribution is -2.36. The van der Waals surface area contributed by atoms with Gasteiger partial charge in [-0.05, 0) is 48.9 Å². The summed E-state index contributed by atoms with van der Waals surface area (Å²) in [4.78, 5) is 89.8. The average molecular weight is 769 g/mol. The summed E-state index contributed by atoms with van der Waals surface area (Å²) >= 11 is 2.15. The first-order valence-corrected chi connectivity index (χ1v) is 18.1. The molecule has 264 valence electrons. The number of imide groups is 1. The normalized spacial score (nSPS) is 17.8. The van der Waals surface area contributed by atoms with Gasteiger partial charge >= 0.3 is 17.9 Å². The first kappa shape index (κ1) is 36.4. The molecule has 1 fully saturated rings. The van der Waals surface area contributed by atoms with Gasteiger partial charge in [0.25, 0.3) is 32.4 Å². The van der Waals surface area contributed by atoms with E-state index in [1.54, 1.807) is 29.2 Å². The highest BCUT2D eigenvalue weighted by molar-refractivity contribution is 8.22. The Morgan fingerprint density at radius 3 is 2.16 bits per heavy atom.